The predicted octanol–water partition coefficient (Wildman–Crippen LogP) is 9.27. The Labute approximate surface area is 238 Å². The number of benzene rings is 3. The Bertz CT molecular complexity index is 1370. The smallest absolute Gasteiger partial charge is 0.338 e. The second-order valence-corrected chi connectivity index (χ2v) is 11.4. The minimum absolute atomic E-state index is 0.0395. The molecule has 0 aliphatic heterocycles. The molecule has 0 aromatic heterocycles. The number of hydrogen-bond donors (Lipinski definition) is 0. The van der Waals surface area contributed by atoms with Gasteiger partial charge in [0, 0.05) is 0 Å². The molecule has 2 aliphatic carbocycles. The van der Waals surface area contributed by atoms with E-state index in [1.54, 1.807) is 44.2 Å². The van der Waals surface area contributed by atoms with Gasteiger partial charge in [0.25, 0.3) is 0 Å². The summed E-state index contributed by atoms with van der Waals surface area (Å²) in [5.41, 5.74) is 2.70. The topological polar surface area (TPSA) is 35.5 Å². The van der Waals surface area contributed by atoms with E-state index in [1.807, 2.05) is 12.1 Å². The molecule has 41 heavy (non-hydrogen) atoms. The number of ether oxygens (including phenoxy) is 2. The SMILES string of the molecule is CCOc1ccc(C2CCC(c3ccc(C(=O)OC4CCC(c5ccc(C)c(F)c5F)CC4)cc3)CC2)c(F)c1F. The fourth-order valence-corrected chi connectivity index (χ4v) is 6.45. The molecule has 7 heteroatoms. The van der Waals surface area contributed by atoms with Crippen molar-refractivity contribution in [3.8, 4) is 5.75 Å². The second kappa shape index (κ2) is 12.7. The highest BCUT2D eigenvalue weighted by atomic mass is 19.2. The molecule has 2 aliphatic rings. The summed E-state index contributed by atoms with van der Waals surface area (Å²) < 4.78 is 68.4. The van der Waals surface area contributed by atoms with Crippen molar-refractivity contribution in [1.82, 2.24) is 0 Å². The quantitative estimate of drug-likeness (QED) is 0.211. The first kappa shape index (κ1) is 29.2. The van der Waals surface area contributed by atoms with Crippen molar-refractivity contribution >= 4 is 5.97 Å². The third-order valence-electron chi connectivity index (χ3n) is 8.85. The van der Waals surface area contributed by atoms with Gasteiger partial charge < -0.3 is 9.47 Å². The van der Waals surface area contributed by atoms with E-state index in [2.05, 4.69) is 0 Å². The number of hydrogen-bond acceptors (Lipinski definition) is 3. The van der Waals surface area contributed by atoms with E-state index in [1.165, 1.54) is 6.07 Å². The molecule has 0 amide bonds. The van der Waals surface area contributed by atoms with E-state index >= 15 is 0 Å². The Morgan fingerprint density at radius 2 is 1.22 bits per heavy atom. The molecule has 3 nitrogen and oxygen atoms in total. The van der Waals surface area contributed by atoms with E-state index in [0.717, 1.165) is 31.2 Å². The van der Waals surface area contributed by atoms with Gasteiger partial charge in [-0.25, -0.2) is 18.0 Å². The summed E-state index contributed by atoms with van der Waals surface area (Å²) in [4.78, 5) is 12.8. The van der Waals surface area contributed by atoms with Crippen LogP contribution >= 0.6 is 0 Å². The molecule has 0 unspecified atom stereocenters. The molecule has 2 saturated carbocycles. The number of carbonyl (C=O) groups excluding carboxylic acids is 1. The van der Waals surface area contributed by atoms with Gasteiger partial charge in [-0.2, -0.15) is 4.39 Å². The van der Waals surface area contributed by atoms with Crippen molar-refractivity contribution in [2.24, 2.45) is 0 Å². The standard InChI is InChI=1S/C34H36F4O3/c1-3-40-29-19-18-28(32(37)33(29)38)23-9-5-21(6-10-23)22-7-11-25(12-8-22)34(39)41-26-15-13-24(14-16-26)27-17-4-20(2)30(35)31(27)36/h4,7-8,11-12,17-19,21,23-24,26H,3,5-6,9-10,13-16H2,1-2H3. The first-order valence-electron chi connectivity index (χ1n) is 14.6. The zero-order chi connectivity index (χ0) is 29.1. The van der Waals surface area contributed by atoms with Crippen LogP contribution in [0.1, 0.15) is 109 Å². The molecular weight excluding hydrogens is 532 g/mol. The first-order chi connectivity index (χ1) is 19.8. The lowest BCUT2D eigenvalue weighted by Gasteiger charge is -2.30. The number of rotatable bonds is 7. The molecule has 0 spiro atoms. The van der Waals surface area contributed by atoms with Crippen molar-refractivity contribution in [3.63, 3.8) is 0 Å². The molecule has 0 radical (unpaired) electrons. The normalized spacial score (nSPS) is 22.8. The van der Waals surface area contributed by atoms with Crippen molar-refractivity contribution in [2.45, 2.75) is 89.1 Å². The molecule has 0 heterocycles. The number of halogens is 4. The molecule has 3 aromatic rings. The maximum Gasteiger partial charge on any atom is 0.338 e. The van der Waals surface area contributed by atoms with Gasteiger partial charge in [0.2, 0.25) is 5.82 Å². The van der Waals surface area contributed by atoms with Gasteiger partial charge >= 0.3 is 5.97 Å². The minimum atomic E-state index is -0.919. The Balaban J connectivity index is 1.12. The van der Waals surface area contributed by atoms with Crippen LogP contribution in [0.25, 0.3) is 0 Å². The van der Waals surface area contributed by atoms with Gasteiger partial charge in [-0.1, -0.05) is 30.3 Å². The van der Waals surface area contributed by atoms with E-state index in [0.29, 0.717) is 47.9 Å². The van der Waals surface area contributed by atoms with Crippen molar-refractivity contribution < 1.29 is 31.8 Å². The summed E-state index contributed by atoms with van der Waals surface area (Å²) in [5.74, 6) is -3.56. The fourth-order valence-electron chi connectivity index (χ4n) is 6.45. The largest absolute Gasteiger partial charge is 0.491 e. The fraction of sp³-hybridized carbons (Fsp3) is 0.441. The third-order valence-corrected chi connectivity index (χ3v) is 8.85. The molecule has 0 N–H and O–H groups in total. The predicted molar refractivity (Wildman–Crippen MR) is 149 cm³/mol. The summed E-state index contributed by atoms with van der Waals surface area (Å²) in [5, 5.41) is 0. The molecule has 0 bridgehead atoms. The van der Waals surface area contributed by atoms with Gasteiger partial charge in [0.05, 0.1) is 12.2 Å². The van der Waals surface area contributed by atoms with Crippen molar-refractivity contribution in [2.75, 3.05) is 6.61 Å². The van der Waals surface area contributed by atoms with Crippen molar-refractivity contribution in [1.29, 1.82) is 0 Å². The minimum Gasteiger partial charge on any atom is -0.491 e. The van der Waals surface area contributed by atoms with Crippen LogP contribution in [0.3, 0.4) is 0 Å². The highest BCUT2D eigenvalue weighted by Crippen LogP contribution is 2.42. The number of aryl methyl sites for hydroxylation is 1. The van der Waals surface area contributed by atoms with Gasteiger partial charge in [-0.3, -0.25) is 0 Å². The lowest BCUT2D eigenvalue weighted by atomic mass is 9.76. The van der Waals surface area contributed by atoms with Crippen LogP contribution in [0, 0.1) is 30.2 Å². The summed E-state index contributed by atoms with van der Waals surface area (Å²) >= 11 is 0. The Kier molecular flexibility index (Phi) is 9.00. The van der Waals surface area contributed by atoms with Crippen LogP contribution in [0.15, 0.2) is 48.5 Å². The van der Waals surface area contributed by atoms with Crippen LogP contribution in [-0.2, 0) is 4.74 Å². The molecule has 3 aromatic carbocycles. The average molecular weight is 569 g/mol. The van der Waals surface area contributed by atoms with Crippen molar-refractivity contribution in [3.05, 3.63) is 99.6 Å². The number of carbonyl (C=O) groups is 1. The number of esters is 1. The second-order valence-electron chi connectivity index (χ2n) is 11.4. The van der Waals surface area contributed by atoms with Crippen LogP contribution < -0.4 is 4.74 Å². The Hall–Kier alpha value is -3.35. The maximum absolute atomic E-state index is 14.7. The zero-order valence-electron chi connectivity index (χ0n) is 23.5. The summed E-state index contributed by atoms with van der Waals surface area (Å²) in [6.45, 7) is 3.56. The Morgan fingerprint density at radius 3 is 1.83 bits per heavy atom. The van der Waals surface area contributed by atoms with E-state index < -0.39 is 23.3 Å². The lowest BCUT2D eigenvalue weighted by Crippen LogP contribution is -2.24. The van der Waals surface area contributed by atoms with E-state index in [9.17, 15) is 22.4 Å². The lowest BCUT2D eigenvalue weighted by molar-refractivity contribution is 0.0194. The molecule has 0 saturated heterocycles. The highest BCUT2D eigenvalue weighted by Gasteiger charge is 2.29. The molecular formula is C34H36F4O3. The molecule has 218 valence electrons. The van der Waals surface area contributed by atoms with Crippen LogP contribution in [0.4, 0.5) is 17.6 Å². The van der Waals surface area contributed by atoms with E-state index in [-0.39, 0.29) is 42.2 Å². The summed E-state index contributed by atoms with van der Waals surface area (Å²) in [7, 11) is 0. The maximum atomic E-state index is 14.7. The third kappa shape index (κ3) is 6.29. The Morgan fingerprint density at radius 1 is 0.683 bits per heavy atom. The summed E-state index contributed by atoms with van der Waals surface area (Å²) in [6, 6.07) is 13.9. The van der Waals surface area contributed by atoms with Crippen LogP contribution in [0.5, 0.6) is 5.75 Å². The van der Waals surface area contributed by atoms with E-state index in [4.69, 9.17) is 9.47 Å². The molecule has 0 atom stereocenters. The van der Waals surface area contributed by atoms with Gasteiger partial charge in [-0.15, -0.1) is 0 Å². The van der Waals surface area contributed by atoms with Gasteiger partial charge in [-0.05, 0) is 123 Å². The molecule has 5 rings (SSSR count). The average Bonchev–Trinajstić information content (AvgIpc) is 2.99. The monoisotopic (exact) mass is 568 g/mol. The summed E-state index contributed by atoms with van der Waals surface area (Å²) in [6.07, 6.45) is 5.41. The van der Waals surface area contributed by atoms with Gasteiger partial charge in [0.15, 0.2) is 23.2 Å². The zero-order valence-corrected chi connectivity index (χ0v) is 23.5. The van der Waals surface area contributed by atoms with Crippen LogP contribution in [-0.4, -0.2) is 18.7 Å². The first-order valence-corrected chi connectivity index (χ1v) is 14.6. The van der Waals surface area contributed by atoms with Gasteiger partial charge in [0.1, 0.15) is 6.10 Å². The highest BCUT2D eigenvalue weighted by molar-refractivity contribution is 5.89. The molecule has 2 fully saturated rings. The van der Waals surface area contributed by atoms with Crippen LogP contribution in [0.2, 0.25) is 0 Å².